The topological polar surface area (TPSA) is 65.8 Å². The molecule has 0 bridgehead atoms. The van der Waals surface area contributed by atoms with Crippen LogP contribution in [0, 0.1) is 17.1 Å². The maximum Gasteiger partial charge on any atom is 0.255 e. The standard InChI is InChI=1S/C14H10FN3O/c15-11-6-2-1-5-10(11)14(19)18-13(9-16)12-7-3-4-8-17-12/h1-8,13H,(H,18,19). The minimum Gasteiger partial charge on any atom is -0.331 e. The predicted molar refractivity (Wildman–Crippen MR) is 66.5 cm³/mol. The maximum atomic E-state index is 13.4. The number of benzene rings is 1. The zero-order valence-corrected chi connectivity index (χ0v) is 9.88. The summed E-state index contributed by atoms with van der Waals surface area (Å²) in [6.45, 7) is 0. The first-order valence-electron chi connectivity index (χ1n) is 5.58. The Balaban J connectivity index is 2.19. The number of nitrogens with one attached hydrogen (secondary N) is 1. The summed E-state index contributed by atoms with van der Waals surface area (Å²) in [5, 5.41) is 11.5. The summed E-state index contributed by atoms with van der Waals surface area (Å²) in [5.41, 5.74) is 0.313. The summed E-state index contributed by atoms with van der Waals surface area (Å²) in [5.74, 6) is -1.27. The van der Waals surface area contributed by atoms with Crippen molar-refractivity contribution in [2.24, 2.45) is 0 Å². The number of pyridine rings is 1. The number of amides is 1. The number of hydrogen-bond acceptors (Lipinski definition) is 3. The van der Waals surface area contributed by atoms with Crippen molar-refractivity contribution in [3.8, 4) is 6.07 Å². The van der Waals surface area contributed by atoms with Crippen molar-refractivity contribution in [3.63, 3.8) is 0 Å². The van der Waals surface area contributed by atoms with E-state index >= 15 is 0 Å². The van der Waals surface area contributed by atoms with Crippen LogP contribution in [0.25, 0.3) is 0 Å². The van der Waals surface area contributed by atoms with E-state index in [-0.39, 0.29) is 5.56 Å². The molecule has 0 saturated heterocycles. The highest BCUT2D eigenvalue weighted by atomic mass is 19.1. The van der Waals surface area contributed by atoms with Crippen molar-refractivity contribution in [1.82, 2.24) is 10.3 Å². The molecule has 0 spiro atoms. The van der Waals surface area contributed by atoms with Crippen LogP contribution in [0.5, 0.6) is 0 Å². The van der Waals surface area contributed by atoms with Crippen LogP contribution in [0.2, 0.25) is 0 Å². The number of rotatable bonds is 3. The molecule has 0 aliphatic rings. The van der Waals surface area contributed by atoms with Gasteiger partial charge in [-0.1, -0.05) is 18.2 Å². The Bertz CT molecular complexity index is 622. The molecule has 0 fully saturated rings. The van der Waals surface area contributed by atoms with E-state index in [2.05, 4.69) is 10.3 Å². The Labute approximate surface area is 109 Å². The lowest BCUT2D eigenvalue weighted by Crippen LogP contribution is -2.28. The molecule has 0 aliphatic carbocycles. The predicted octanol–water partition coefficient (Wildman–Crippen LogP) is 2.22. The monoisotopic (exact) mass is 255 g/mol. The zero-order valence-electron chi connectivity index (χ0n) is 9.88. The second-order valence-electron chi connectivity index (χ2n) is 3.77. The molecule has 5 heteroatoms. The average molecular weight is 255 g/mol. The maximum absolute atomic E-state index is 13.4. The largest absolute Gasteiger partial charge is 0.331 e. The van der Waals surface area contributed by atoms with Crippen molar-refractivity contribution < 1.29 is 9.18 Å². The third-order valence-corrected chi connectivity index (χ3v) is 2.51. The molecule has 2 rings (SSSR count). The minimum absolute atomic E-state index is 0.0984. The van der Waals surface area contributed by atoms with Crippen LogP contribution in [0.1, 0.15) is 22.1 Å². The molecule has 1 heterocycles. The van der Waals surface area contributed by atoms with E-state index in [1.165, 1.54) is 24.4 Å². The van der Waals surface area contributed by atoms with Gasteiger partial charge in [0.15, 0.2) is 6.04 Å². The average Bonchev–Trinajstić information content (AvgIpc) is 2.46. The van der Waals surface area contributed by atoms with Crippen LogP contribution in [-0.2, 0) is 0 Å². The smallest absolute Gasteiger partial charge is 0.255 e. The van der Waals surface area contributed by atoms with Gasteiger partial charge in [-0.25, -0.2) is 4.39 Å². The summed E-state index contributed by atoms with van der Waals surface area (Å²) >= 11 is 0. The first kappa shape index (κ1) is 12.7. The molecule has 1 amide bonds. The number of carbonyl (C=O) groups is 1. The molecular formula is C14H10FN3O. The van der Waals surface area contributed by atoms with Crippen LogP contribution in [0.3, 0.4) is 0 Å². The van der Waals surface area contributed by atoms with Gasteiger partial charge in [0.05, 0.1) is 17.3 Å². The fraction of sp³-hybridized carbons (Fsp3) is 0.0714. The Morgan fingerprint density at radius 3 is 2.63 bits per heavy atom. The van der Waals surface area contributed by atoms with Gasteiger partial charge < -0.3 is 5.32 Å². The SMILES string of the molecule is N#CC(NC(=O)c1ccccc1F)c1ccccn1. The molecule has 19 heavy (non-hydrogen) atoms. The number of nitrogens with zero attached hydrogens (tertiary/aromatic N) is 2. The van der Waals surface area contributed by atoms with E-state index in [0.717, 1.165) is 0 Å². The van der Waals surface area contributed by atoms with E-state index in [4.69, 9.17) is 5.26 Å². The molecule has 1 aromatic heterocycles. The van der Waals surface area contributed by atoms with Gasteiger partial charge in [-0.3, -0.25) is 9.78 Å². The molecule has 1 aromatic carbocycles. The molecular weight excluding hydrogens is 245 g/mol. The number of halogens is 1. The fourth-order valence-electron chi connectivity index (χ4n) is 1.57. The van der Waals surface area contributed by atoms with E-state index in [1.807, 2.05) is 6.07 Å². The summed E-state index contributed by atoms with van der Waals surface area (Å²) in [6.07, 6.45) is 1.52. The normalized spacial score (nSPS) is 11.4. The van der Waals surface area contributed by atoms with Gasteiger partial charge in [-0.15, -0.1) is 0 Å². The Morgan fingerprint density at radius 1 is 1.26 bits per heavy atom. The Kier molecular flexibility index (Phi) is 3.84. The number of aromatic nitrogens is 1. The van der Waals surface area contributed by atoms with Crippen LogP contribution in [0.4, 0.5) is 4.39 Å². The zero-order chi connectivity index (χ0) is 13.7. The third kappa shape index (κ3) is 2.93. The van der Waals surface area contributed by atoms with Crippen molar-refractivity contribution in [2.75, 3.05) is 0 Å². The minimum atomic E-state index is -0.909. The first-order valence-corrected chi connectivity index (χ1v) is 5.58. The van der Waals surface area contributed by atoms with Gasteiger partial charge in [-0.05, 0) is 24.3 Å². The molecule has 1 unspecified atom stereocenters. The van der Waals surface area contributed by atoms with Crippen LogP contribution >= 0.6 is 0 Å². The molecule has 94 valence electrons. The summed E-state index contributed by atoms with van der Waals surface area (Å²) in [4.78, 5) is 15.9. The number of hydrogen-bond donors (Lipinski definition) is 1. The van der Waals surface area contributed by atoms with Crippen molar-refractivity contribution in [1.29, 1.82) is 5.26 Å². The van der Waals surface area contributed by atoms with E-state index in [9.17, 15) is 9.18 Å². The highest BCUT2D eigenvalue weighted by molar-refractivity contribution is 5.94. The lowest BCUT2D eigenvalue weighted by molar-refractivity contribution is 0.0940. The van der Waals surface area contributed by atoms with Crippen molar-refractivity contribution in [2.45, 2.75) is 6.04 Å². The van der Waals surface area contributed by atoms with Gasteiger partial charge in [0.2, 0.25) is 0 Å². The summed E-state index contributed by atoms with van der Waals surface area (Å²) < 4.78 is 13.4. The van der Waals surface area contributed by atoms with Crippen molar-refractivity contribution >= 4 is 5.91 Å². The molecule has 0 aliphatic heterocycles. The molecule has 2 aromatic rings. The third-order valence-electron chi connectivity index (χ3n) is 2.51. The highest BCUT2D eigenvalue weighted by Crippen LogP contribution is 2.11. The highest BCUT2D eigenvalue weighted by Gasteiger charge is 2.17. The lowest BCUT2D eigenvalue weighted by atomic mass is 10.1. The number of nitriles is 1. The Morgan fingerprint density at radius 2 is 2.00 bits per heavy atom. The van der Waals surface area contributed by atoms with Crippen LogP contribution in [-0.4, -0.2) is 10.9 Å². The summed E-state index contributed by atoms with van der Waals surface area (Å²) in [6, 6.07) is 11.6. The quantitative estimate of drug-likeness (QED) is 0.914. The first-order chi connectivity index (χ1) is 9.22. The second-order valence-corrected chi connectivity index (χ2v) is 3.77. The fourth-order valence-corrected chi connectivity index (χ4v) is 1.57. The summed E-state index contributed by atoms with van der Waals surface area (Å²) in [7, 11) is 0. The van der Waals surface area contributed by atoms with Crippen LogP contribution in [0.15, 0.2) is 48.7 Å². The Hall–Kier alpha value is -2.74. The van der Waals surface area contributed by atoms with Gasteiger partial charge >= 0.3 is 0 Å². The van der Waals surface area contributed by atoms with E-state index in [1.54, 1.807) is 24.3 Å². The van der Waals surface area contributed by atoms with Gasteiger partial charge in [0.1, 0.15) is 5.82 Å². The molecule has 0 saturated carbocycles. The second kappa shape index (κ2) is 5.74. The van der Waals surface area contributed by atoms with Gasteiger partial charge in [-0.2, -0.15) is 5.26 Å². The van der Waals surface area contributed by atoms with E-state index < -0.39 is 17.8 Å². The van der Waals surface area contributed by atoms with Gasteiger partial charge in [0.25, 0.3) is 5.91 Å². The molecule has 1 N–H and O–H groups in total. The number of carbonyl (C=O) groups excluding carboxylic acids is 1. The van der Waals surface area contributed by atoms with Gasteiger partial charge in [0, 0.05) is 6.20 Å². The van der Waals surface area contributed by atoms with Crippen LogP contribution < -0.4 is 5.32 Å². The molecule has 4 nitrogen and oxygen atoms in total. The van der Waals surface area contributed by atoms with Crippen molar-refractivity contribution in [3.05, 3.63) is 65.7 Å². The molecule has 1 atom stereocenters. The lowest BCUT2D eigenvalue weighted by Gasteiger charge is -2.11. The molecule has 0 radical (unpaired) electrons. The van der Waals surface area contributed by atoms with E-state index in [0.29, 0.717) is 5.69 Å².